The number of pyridine rings is 1. The van der Waals surface area contributed by atoms with E-state index in [9.17, 15) is 0 Å². The molecule has 0 aromatic carbocycles. The van der Waals surface area contributed by atoms with Gasteiger partial charge in [0.15, 0.2) is 0 Å². The predicted molar refractivity (Wildman–Crippen MR) is 65.3 cm³/mol. The fourth-order valence-corrected chi connectivity index (χ4v) is 1.62. The van der Waals surface area contributed by atoms with Crippen LogP contribution in [0.5, 0.6) is 0 Å². The summed E-state index contributed by atoms with van der Waals surface area (Å²) in [7, 11) is 0. The number of rotatable bonds is 6. The van der Waals surface area contributed by atoms with Crippen LogP contribution in [0.3, 0.4) is 0 Å². The molecular formula is C12H19ClN2. The van der Waals surface area contributed by atoms with Gasteiger partial charge in [-0.15, -0.1) is 0 Å². The second-order valence-electron chi connectivity index (χ2n) is 4.17. The zero-order valence-corrected chi connectivity index (χ0v) is 10.2. The van der Waals surface area contributed by atoms with Crippen molar-refractivity contribution in [3.63, 3.8) is 0 Å². The molecular weight excluding hydrogens is 208 g/mol. The van der Waals surface area contributed by atoms with Crippen molar-refractivity contribution >= 4 is 11.6 Å². The first-order valence-corrected chi connectivity index (χ1v) is 5.87. The fourth-order valence-electron chi connectivity index (χ4n) is 1.40. The zero-order chi connectivity index (χ0) is 11.1. The number of hydrogen-bond acceptors (Lipinski definition) is 2. The predicted octanol–water partition coefficient (Wildman–Crippen LogP) is 2.91. The molecule has 0 fully saturated rings. The Morgan fingerprint density at radius 2 is 2.27 bits per heavy atom. The molecule has 15 heavy (non-hydrogen) atoms. The lowest BCUT2D eigenvalue weighted by Gasteiger charge is -2.07. The van der Waals surface area contributed by atoms with Gasteiger partial charge in [-0.2, -0.15) is 0 Å². The molecule has 0 saturated carbocycles. The molecule has 0 bridgehead atoms. The molecule has 84 valence electrons. The van der Waals surface area contributed by atoms with Gasteiger partial charge in [-0.1, -0.05) is 25.4 Å². The highest BCUT2D eigenvalue weighted by Crippen LogP contribution is 2.14. The van der Waals surface area contributed by atoms with E-state index in [0.29, 0.717) is 0 Å². The van der Waals surface area contributed by atoms with Crippen LogP contribution in [0.1, 0.15) is 25.8 Å². The van der Waals surface area contributed by atoms with Crippen LogP contribution in [-0.4, -0.2) is 18.1 Å². The maximum atomic E-state index is 6.00. The Kier molecular flexibility index (Phi) is 5.66. The van der Waals surface area contributed by atoms with Crippen LogP contribution in [0.25, 0.3) is 0 Å². The van der Waals surface area contributed by atoms with E-state index in [0.717, 1.165) is 36.9 Å². The topological polar surface area (TPSA) is 24.9 Å². The molecule has 2 nitrogen and oxygen atoms in total. The van der Waals surface area contributed by atoms with Gasteiger partial charge >= 0.3 is 0 Å². The van der Waals surface area contributed by atoms with E-state index in [-0.39, 0.29) is 0 Å². The minimum Gasteiger partial charge on any atom is -0.316 e. The monoisotopic (exact) mass is 226 g/mol. The highest BCUT2D eigenvalue weighted by molar-refractivity contribution is 6.31. The number of hydrogen-bond donors (Lipinski definition) is 1. The Morgan fingerprint density at radius 3 is 2.93 bits per heavy atom. The van der Waals surface area contributed by atoms with Crippen LogP contribution in [-0.2, 0) is 6.42 Å². The van der Waals surface area contributed by atoms with E-state index in [4.69, 9.17) is 11.6 Å². The first-order chi connectivity index (χ1) is 7.20. The number of aryl methyl sites for hydroxylation is 1. The molecule has 0 amide bonds. The van der Waals surface area contributed by atoms with Gasteiger partial charge in [0.05, 0.1) is 5.02 Å². The van der Waals surface area contributed by atoms with Gasteiger partial charge in [-0.05, 0) is 43.5 Å². The fraction of sp³-hybridized carbons (Fsp3) is 0.583. The maximum Gasteiger partial charge on any atom is 0.0621 e. The molecule has 1 aromatic heterocycles. The number of halogens is 1. The van der Waals surface area contributed by atoms with Crippen molar-refractivity contribution in [2.24, 2.45) is 5.92 Å². The van der Waals surface area contributed by atoms with Crippen molar-refractivity contribution in [3.8, 4) is 0 Å². The number of aromatic nitrogens is 1. The Morgan fingerprint density at radius 1 is 1.47 bits per heavy atom. The summed E-state index contributed by atoms with van der Waals surface area (Å²) < 4.78 is 0. The normalized spacial score (nSPS) is 10.9. The summed E-state index contributed by atoms with van der Waals surface area (Å²) in [5, 5.41) is 4.19. The van der Waals surface area contributed by atoms with Gasteiger partial charge in [0, 0.05) is 12.4 Å². The van der Waals surface area contributed by atoms with Crippen LogP contribution in [0, 0.1) is 5.92 Å². The van der Waals surface area contributed by atoms with Crippen LogP contribution >= 0.6 is 11.6 Å². The summed E-state index contributed by atoms with van der Waals surface area (Å²) in [4.78, 5) is 3.96. The molecule has 1 aromatic rings. The third-order valence-electron chi connectivity index (χ3n) is 2.21. The summed E-state index contributed by atoms with van der Waals surface area (Å²) in [5.74, 6) is 0.717. The van der Waals surface area contributed by atoms with Crippen molar-refractivity contribution in [1.82, 2.24) is 10.3 Å². The van der Waals surface area contributed by atoms with Crippen molar-refractivity contribution in [3.05, 3.63) is 29.0 Å². The summed E-state index contributed by atoms with van der Waals surface area (Å²) in [5.41, 5.74) is 1.19. The zero-order valence-electron chi connectivity index (χ0n) is 9.46. The molecule has 0 aliphatic rings. The van der Waals surface area contributed by atoms with Gasteiger partial charge in [0.25, 0.3) is 0 Å². The van der Waals surface area contributed by atoms with Crippen LogP contribution in [0.15, 0.2) is 18.5 Å². The van der Waals surface area contributed by atoms with Gasteiger partial charge < -0.3 is 5.32 Å². The van der Waals surface area contributed by atoms with Gasteiger partial charge in [0.2, 0.25) is 0 Å². The average Bonchev–Trinajstić information content (AvgIpc) is 2.20. The Hall–Kier alpha value is -0.600. The van der Waals surface area contributed by atoms with Crippen LogP contribution < -0.4 is 5.32 Å². The molecule has 1 N–H and O–H groups in total. The first-order valence-electron chi connectivity index (χ1n) is 5.49. The van der Waals surface area contributed by atoms with Crippen LogP contribution in [0.4, 0.5) is 0 Å². The van der Waals surface area contributed by atoms with E-state index >= 15 is 0 Å². The summed E-state index contributed by atoms with van der Waals surface area (Å²) >= 11 is 6.00. The van der Waals surface area contributed by atoms with E-state index in [1.165, 1.54) is 5.56 Å². The third kappa shape index (κ3) is 5.14. The Bertz CT molecular complexity index is 287. The summed E-state index contributed by atoms with van der Waals surface area (Å²) in [6.45, 7) is 6.57. The average molecular weight is 227 g/mol. The standard InChI is InChI=1S/C12H19ClN2/c1-10(2)8-14-6-3-4-11-5-7-15-9-12(11)13/h5,7,9-10,14H,3-4,6,8H2,1-2H3. The number of nitrogens with zero attached hydrogens (tertiary/aromatic N) is 1. The Labute approximate surface area is 97.1 Å². The maximum absolute atomic E-state index is 6.00. The van der Waals surface area contributed by atoms with Crippen molar-refractivity contribution in [1.29, 1.82) is 0 Å². The minimum atomic E-state index is 0.717. The highest BCUT2D eigenvalue weighted by atomic mass is 35.5. The quantitative estimate of drug-likeness (QED) is 0.755. The molecule has 0 aliphatic carbocycles. The molecule has 0 saturated heterocycles. The van der Waals surface area contributed by atoms with Crippen molar-refractivity contribution in [2.75, 3.05) is 13.1 Å². The first kappa shape index (κ1) is 12.5. The molecule has 0 unspecified atom stereocenters. The van der Waals surface area contributed by atoms with Crippen molar-refractivity contribution in [2.45, 2.75) is 26.7 Å². The molecule has 3 heteroatoms. The molecule has 0 atom stereocenters. The SMILES string of the molecule is CC(C)CNCCCc1ccncc1Cl. The molecule has 0 radical (unpaired) electrons. The lowest BCUT2D eigenvalue weighted by molar-refractivity contribution is 0.543. The molecule has 0 spiro atoms. The van der Waals surface area contributed by atoms with E-state index in [2.05, 4.69) is 24.1 Å². The summed E-state index contributed by atoms with van der Waals surface area (Å²) in [6.07, 6.45) is 5.64. The van der Waals surface area contributed by atoms with Gasteiger partial charge in [0.1, 0.15) is 0 Å². The summed E-state index contributed by atoms with van der Waals surface area (Å²) in [6, 6.07) is 1.99. The Balaban J connectivity index is 2.18. The van der Waals surface area contributed by atoms with Crippen molar-refractivity contribution < 1.29 is 0 Å². The molecule has 1 heterocycles. The smallest absolute Gasteiger partial charge is 0.0621 e. The second-order valence-corrected chi connectivity index (χ2v) is 4.58. The van der Waals surface area contributed by atoms with Gasteiger partial charge in [-0.25, -0.2) is 0 Å². The highest BCUT2D eigenvalue weighted by Gasteiger charge is 1.99. The van der Waals surface area contributed by atoms with Crippen LogP contribution in [0.2, 0.25) is 5.02 Å². The lowest BCUT2D eigenvalue weighted by atomic mass is 10.1. The van der Waals surface area contributed by atoms with E-state index in [1.54, 1.807) is 12.4 Å². The third-order valence-corrected chi connectivity index (χ3v) is 2.55. The lowest BCUT2D eigenvalue weighted by Crippen LogP contribution is -2.21. The minimum absolute atomic E-state index is 0.717. The van der Waals surface area contributed by atoms with Gasteiger partial charge in [-0.3, -0.25) is 4.98 Å². The molecule has 0 aliphatic heterocycles. The van der Waals surface area contributed by atoms with E-state index < -0.39 is 0 Å². The second kappa shape index (κ2) is 6.81. The number of nitrogens with one attached hydrogen (secondary N) is 1. The van der Waals surface area contributed by atoms with E-state index in [1.807, 2.05) is 6.07 Å². The largest absolute Gasteiger partial charge is 0.316 e. The molecule has 1 rings (SSSR count).